The molecule has 0 aromatic carbocycles. The average molecular weight is 213 g/mol. The largest absolute Gasteiger partial charge is 0.354 e. The van der Waals surface area contributed by atoms with Crippen LogP contribution in [0.5, 0.6) is 0 Å². The Bertz CT molecular complexity index is 327. The highest BCUT2D eigenvalue weighted by atomic mass is 31.1. The predicted molar refractivity (Wildman–Crippen MR) is 58.8 cm³/mol. The summed E-state index contributed by atoms with van der Waals surface area (Å²) in [4.78, 5) is 2.22. The molecule has 14 heavy (non-hydrogen) atoms. The third kappa shape index (κ3) is 2.01. The Balaban J connectivity index is 2.04. The fourth-order valence-electron chi connectivity index (χ4n) is 1.68. The average Bonchev–Trinajstić information content (AvgIpc) is 2.67. The van der Waals surface area contributed by atoms with E-state index in [1.807, 2.05) is 16.9 Å². The van der Waals surface area contributed by atoms with Crippen molar-refractivity contribution in [3.63, 3.8) is 0 Å². The van der Waals surface area contributed by atoms with E-state index in [4.69, 9.17) is 0 Å². The minimum absolute atomic E-state index is 0.851. The molecule has 78 valence electrons. The van der Waals surface area contributed by atoms with Crippen molar-refractivity contribution in [3.05, 3.63) is 12.3 Å². The number of anilines is 1. The lowest BCUT2D eigenvalue weighted by Gasteiger charge is -2.26. The first-order valence-electron chi connectivity index (χ1n) is 5.09. The van der Waals surface area contributed by atoms with Gasteiger partial charge < -0.3 is 9.46 Å². The van der Waals surface area contributed by atoms with E-state index in [1.165, 1.54) is 0 Å². The molecule has 1 aromatic rings. The van der Waals surface area contributed by atoms with Crippen molar-refractivity contribution >= 4 is 13.6 Å². The number of aryl methyl sites for hydroxylation is 1. The SMILES string of the molecule is CCn1ccc(N2CC[PH](=O)CC2)n1. The zero-order valence-corrected chi connectivity index (χ0v) is 9.44. The van der Waals surface area contributed by atoms with Crippen molar-refractivity contribution in [2.75, 3.05) is 30.3 Å². The Morgan fingerprint density at radius 2 is 2.21 bits per heavy atom. The smallest absolute Gasteiger partial charge is 0.150 e. The molecule has 0 radical (unpaired) electrons. The second kappa shape index (κ2) is 4.18. The van der Waals surface area contributed by atoms with Gasteiger partial charge in [-0.15, -0.1) is 0 Å². The number of rotatable bonds is 2. The van der Waals surface area contributed by atoms with Gasteiger partial charge in [0.2, 0.25) is 0 Å². The van der Waals surface area contributed by atoms with Crippen molar-refractivity contribution in [3.8, 4) is 0 Å². The Hall–Kier alpha value is -0.760. The molecule has 1 aromatic heterocycles. The summed E-state index contributed by atoms with van der Waals surface area (Å²) < 4.78 is 13.2. The van der Waals surface area contributed by atoms with Gasteiger partial charge >= 0.3 is 0 Å². The highest BCUT2D eigenvalue weighted by molar-refractivity contribution is 7.44. The Labute approximate surface area is 84.7 Å². The van der Waals surface area contributed by atoms with Gasteiger partial charge in [0, 0.05) is 44.2 Å². The Morgan fingerprint density at radius 1 is 1.50 bits per heavy atom. The minimum atomic E-state index is -1.26. The second-order valence-corrected chi connectivity index (χ2v) is 5.63. The summed E-state index contributed by atoms with van der Waals surface area (Å²) in [5.41, 5.74) is 0. The van der Waals surface area contributed by atoms with Crippen molar-refractivity contribution < 1.29 is 4.57 Å². The number of aromatic nitrogens is 2. The van der Waals surface area contributed by atoms with E-state index < -0.39 is 7.80 Å². The van der Waals surface area contributed by atoms with E-state index in [-0.39, 0.29) is 0 Å². The van der Waals surface area contributed by atoms with Gasteiger partial charge in [-0.1, -0.05) is 0 Å². The zero-order chi connectivity index (χ0) is 9.97. The van der Waals surface area contributed by atoms with E-state index in [0.29, 0.717) is 0 Å². The van der Waals surface area contributed by atoms with E-state index in [9.17, 15) is 4.57 Å². The fraction of sp³-hybridized carbons (Fsp3) is 0.667. The molecule has 1 aliphatic heterocycles. The molecule has 1 fully saturated rings. The molecule has 1 saturated heterocycles. The van der Waals surface area contributed by atoms with Crippen LogP contribution < -0.4 is 4.90 Å². The summed E-state index contributed by atoms with van der Waals surface area (Å²) in [6.45, 7) is 4.78. The maximum Gasteiger partial charge on any atom is 0.150 e. The maximum atomic E-state index is 11.2. The molecule has 0 aliphatic carbocycles. The quantitative estimate of drug-likeness (QED) is 0.695. The fourth-order valence-corrected chi connectivity index (χ4v) is 2.97. The molecule has 0 spiro atoms. The Morgan fingerprint density at radius 3 is 2.79 bits per heavy atom. The van der Waals surface area contributed by atoms with Crippen LogP contribution >= 0.6 is 7.80 Å². The molecule has 2 rings (SSSR count). The zero-order valence-electron chi connectivity index (χ0n) is 8.44. The third-order valence-corrected chi connectivity index (χ3v) is 4.16. The third-order valence-electron chi connectivity index (χ3n) is 2.60. The first-order valence-corrected chi connectivity index (χ1v) is 6.92. The first kappa shape index (κ1) is 9.78. The minimum Gasteiger partial charge on any atom is -0.354 e. The van der Waals surface area contributed by atoms with Crippen LogP contribution in [0.4, 0.5) is 5.82 Å². The molecule has 2 heterocycles. The molecule has 0 bridgehead atoms. The van der Waals surface area contributed by atoms with Crippen LogP contribution in [-0.2, 0) is 11.1 Å². The van der Waals surface area contributed by atoms with Crippen molar-refractivity contribution in [1.82, 2.24) is 9.78 Å². The molecule has 4 nitrogen and oxygen atoms in total. The van der Waals surface area contributed by atoms with Crippen LogP contribution in [0.2, 0.25) is 0 Å². The van der Waals surface area contributed by atoms with Crippen molar-refractivity contribution in [2.45, 2.75) is 13.5 Å². The van der Waals surface area contributed by atoms with Gasteiger partial charge in [0.15, 0.2) is 5.82 Å². The molecular formula is C9H16N3OP. The topological polar surface area (TPSA) is 38.1 Å². The second-order valence-electron chi connectivity index (χ2n) is 3.56. The van der Waals surface area contributed by atoms with Crippen LogP contribution in [0.15, 0.2) is 12.3 Å². The lowest BCUT2D eigenvalue weighted by Crippen LogP contribution is -2.32. The van der Waals surface area contributed by atoms with Crippen LogP contribution in [-0.4, -0.2) is 35.2 Å². The highest BCUT2D eigenvalue weighted by Crippen LogP contribution is 2.26. The van der Waals surface area contributed by atoms with Gasteiger partial charge in [0.1, 0.15) is 0 Å². The summed E-state index contributed by atoms with van der Waals surface area (Å²) >= 11 is 0. The van der Waals surface area contributed by atoms with Gasteiger partial charge in [-0.25, -0.2) is 0 Å². The standard InChI is InChI=1S/C9H16N3OP/c1-2-12-4-3-9(10-12)11-5-7-14(13)8-6-11/h3-4,14H,2,5-8H2,1H3. The summed E-state index contributed by atoms with van der Waals surface area (Å²) in [6, 6.07) is 2.03. The van der Waals surface area contributed by atoms with Gasteiger partial charge in [-0.05, 0) is 6.92 Å². The molecule has 1 aliphatic rings. The van der Waals surface area contributed by atoms with Gasteiger partial charge in [-0.2, -0.15) is 5.10 Å². The van der Waals surface area contributed by atoms with Crippen LogP contribution in [0, 0.1) is 0 Å². The van der Waals surface area contributed by atoms with Crippen LogP contribution in [0.25, 0.3) is 0 Å². The monoisotopic (exact) mass is 213 g/mol. The summed E-state index contributed by atoms with van der Waals surface area (Å²) in [5, 5.41) is 4.43. The molecule has 0 saturated carbocycles. The van der Waals surface area contributed by atoms with Gasteiger partial charge in [-0.3, -0.25) is 4.68 Å². The normalized spacial score (nSPS) is 18.8. The van der Waals surface area contributed by atoms with Crippen molar-refractivity contribution in [1.29, 1.82) is 0 Å². The molecule has 0 atom stereocenters. The van der Waals surface area contributed by atoms with Crippen LogP contribution in [0.1, 0.15) is 6.92 Å². The lowest BCUT2D eigenvalue weighted by molar-refractivity contribution is 0.581. The predicted octanol–water partition coefficient (Wildman–Crippen LogP) is 1.28. The molecule has 0 unspecified atom stereocenters. The van der Waals surface area contributed by atoms with E-state index >= 15 is 0 Å². The summed E-state index contributed by atoms with van der Waals surface area (Å²) in [6.07, 6.45) is 3.69. The van der Waals surface area contributed by atoms with E-state index in [0.717, 1.165) is 37.8 Å². The maximum absolute atomic E-state index is 11.2. The Kier molecular flexibility index (Phi) is 2.92. The number of nitrogens with zero attached hydrogens (tertiary/aromatic N) is 3. The first-order chi connectivity index (χ1) is 6.79. The number of hydrogen-bond acceptors (Lipinski definition) is 3. The number of hydrogen-bond donors (Lipinski definition) is 0. The molecule has 0 amide bonds. The van der Waals surface area contributed by atoms with E-state index in [2.05, 4.69) is 16.9 Å². The van der Waals surface area contributed by atoms with Crippen molar-refractivity contribution in [2.24, 2.45) is 0 Å². The van der Waals surface area contributed by atoms with Gasteiger partial charge in [0.05, 0.1) is 7.80 Å². The lowest BCUT2D eigenvalue weighted by atomic mass is 10.4. The van der Waals surface area contributed by atoms with E-state index in [1.54, 1.807) is 0 Å². The van der Waals surface area contributed by atoms with Crippen LogP contribution in [0.3, 0.4) is 0 Å². The summed E-state index contributed by atoms with van der Waals surface area (Å²) in [5.74, 6) is 1.03. The molecule has 0 N–H and O–H groups in total. The summed E-state index contributed by atoms with van der Waals surface area (Å²) in [7, 11) is -1.26. The van der Waals surface area contributed by atoms with Gasteiger partial charge in [0.25, 0.3) is 0 Å². The highest BCUT2D eigenvalue weighted by Gasteiger charge is 2.16. The molecular weight excluding hydrogens is 197 g/mol. The molecule has 5 heteroatoms.